The number of fused-ring (bicyclic) bond motifs is 1. The summed E-state index contributed by atoms with van der Waals surface area (Å²) in [6, 6.07) is 11.4. The van der Waals surface area contributed by atoms with Gasteiger partial charge in [0.05, 0.1) is 5.56 Å². The maximum atomic E-state index is 14.4. The Hall–Kier alpha value is -4.25. The van der Waals surface area contributed by atoms with Crippen molar-refractivity contribution in [1.29, 1.82) is 0 Å². The van der Waals surface area contributed by atoms with Crippen molar-refractivity contribution in [3.05, 3.63) is 88.7 Å². The first-order chi connectivity index (χ1) is 16.7. The Morgan fingerprint density at radius 2 is 1.89 bits per heavy atom. The lowest BCUT2D eigenvalue weighted by Crippen LogP contribution is -2.19. The molecule has 12 heteroatoms. The molecule has 0 aliphatic carbocycles. The van der Waals surface area contributed by atoms with Crippen molar-refractivity contribution in [2.45, 2.75) is 12.7 Å². The molecule has 0 saturated heterocycles. The number of benzene rings is 2. The number of phenolic OH excluding ortho intramolecular Hbond substituents is 1. The van der Waals surface area contributed by atoms with Crippen LogP contribution in [0.25, 0.3) is 22.5 Å². The van der Waals surface area contributed by atoms with Crippen LogP contribution in [-0.4, -0.2) is 35.6 Å². The number of rotatable bonds is 5. The second-order valence-corrected chi connectivity index (χ2v) is 7.92. The Balaban J connectivity index is 1.70. The van der Waals surface area contributed by atoms with Gasteiger partial charge in [-0.25, -0.2) is 9.97 Å². The summed E-state index contributed by atoms with van der Waals surface area (Å²) in [6.07, 6.45) is -2.30. The quantitative estimate of drug-likeness (QED) is 0.334. The molecule has 8 nitrogen and oxygen atoms in total. The largest absolute Gasteiger partial charge is 0.508 e. The van der Waals surface area contributed by atoms with Crippen LogP contribution < -0.4 is 0 Å². The zero-order valence-corrected chi connectivity index (χ0v) is 18.2. The van der Waals surface area contributed by atoms with E-state index in [4.69, 9.17) is 16.1 Å². The highest BCUT2D eigenvalue weighted by atomic mass is 35.5. The van der Waals surface area contributed by atoms with E-state index in [1.54, 1.807) is 24.3 Å². The number of ketones is 1. The molecule has 0 saturated carbocycles. The van der Waals surface area contributed by atoms with Gasteiger partial charge in [-0.15, -0.1) is 0 Å². The van der Waals surface area contributed by atoms with Gasteiger partial charge in [0.1, 0.15) is 23.5 Å². The Bertz CT molecular complexity index is 1550. The Morgan fingerprint density at radius 3 is 2.57 bits per heavy atom. The molecule has 2 aromatic carbocycles. The molecule has 0 radical (unpaired) electrons. The van der Waals surface area contributed by atoms with Gasteiger partial charge in [-0.1, -0.05) is 28.9 Å². The summed E-state index contributed by atoms with van der Waals surface area (Å²) in [5.74, 6) is -2.17. The van der Waals surface area contributed by atoms with Crippen molar-refractivity contribution < 1.29 is 27.6 Å². The van der Waals surface area contributed by atoms with Crippen molar-refractivity contribution in [3.63, 3.8) is 0 Å². The molecule has 3 aromatic heterocycles. The molecule has 5 aromatic rings. The first kappa shape index (κ1) is 22.5. The molecular weight excluding hydrogens is 487 g/mol. The molecule has 176 valence electrons. The molecule has 0 unspecified atom stereocenters. The van der Waals surface area contributed by atoms with Crippen LogP contribution in [0.2, 0.25) is 5.02 Å². The highest BCUT2D eigenvalue weighted by molar-refractivity contribution is 6.30. The zero-order chi connectivity index (χ0) is 24.7. The minimum atomic E-state index is -4.93. The normalized spacial score (nSPS) is 11.8. The summed E-state index contributed by atoms with van der Waals surface area (Å²) in [6.45, 7) is -0.209. The highest BCUT2D eigenvalue weighted by Crippen LogP contribution is 2.40. The minimum Gasteiger partial charge on any atom is -0.508 e. The van der Waals surface area contributed by atoms with Gasteiger partial charge in [-0.3, -0.25) is 4.79 Å². The third kappa shape index (κ3) is 4.21. The number of halogens is 4. The fourth-order valence-electron chi connectivity index (χ4n) is 3.75. The summed E-state index contributed by atoms with van der Waals surface area (Å²) in [7, 11) is 0. The Kier molecular flexibility index (Phi) is 5.48. The predicted octanol–water partition coefficient (Wildman–Crippen LogP) is 5.14. The summed E-state index contributed by atoms with van der Waals surface area (Å²) < 4.78 is 49.3. The van der Waals surface area contributed by atoms with Crippen LogP contribution in [-0.2, 0) is 12.7 Å². The number of aromatic hydroxyl groups is 1. The maximum absolute atomic E-state index is 14.4. The predicted molar refractivity (Wildman–Crippen MR) is 118 cm³/mol. The van der Waals surface area contributed by atoms with E-state index in [0.29, 0.717) is 10.6 Å². The molecule has 1 N–H and O–H groups in total. The molecule has 5 rings (SSSR count). The van der Waals surface area contributed by atoms with E-state index in [-0.39, 0.29) is 34.8 Å². The topological polar surface area (TPSA) is 107 Å². The molecule has 0 atom stereocenters. The number of nitrogens with zero attached hydrogens (tertiary/aromatic N) is 5. The van der Waals surface area contributed by atoms with Crippen molar-refractivity contribution in [2.75, 3.05) is 0 Å². The third-order valence-corrected chi connectivity index (χ3v) is 5.48. The van der Waals surface area contributed by atoms with Gasteiger partial charge < -0.3 is 14.2 Å². The van der Waals surface area contributed by atoms with Crippen molar-refractivity contribution in [1.82, 2.24) is 24.7 Å². The van der Waals surface area contributed by atoms with Crippen molar-refractivity contribution >= 4 is 28.3 Å². The van der Waals surface area contributed by atoms with Crippen molar-refractivity contribution in [2.24, 2.45) is 0 Å². The van der Waals surface area contributed by atoms with Crippen LogP contribution in [0, 0.1) is 0 Å². The van der Waals surface area contributed by atoms with Crippen LogP contribution >= 0.6 is 11.6 Å². The van der Waals surface area contributed by atoms with E-state index >= 15 is 0 Å². The molecule has 35 heavy (non-hydrogen) atoms. The third-order valence-electron chi connectivity index (χ3n) is 5.23. The van der Waals surface area contributed by atoms with E-state index in [1.165, 1.54) is 30.7 Å². The minimum absolute atomic E-state index is 0.0907. The highest BCUT2D eigenvalue weighted by Gasteiger charge is 2.42. The molecule has 0 amide bonds. The van der Waals surface area contributed by atoms with E-state index in [9.17, 15) is 23.1 Å². The SMILES string of the molecule is O=C(c1noc(-c2ccncn2)n1)c1c(C(F)(F)F)n(Cc2ccc(Cl)cc2)c2ccc(O)cc12. The number of alkyl halides is 3. The van der Waals surface area contributed by atoms with Crippen molar-refractivity contribution in [3.8, 4) is 17.3 Å². The monoisotopic (exact) mass is 499 g/mol. The standard InChI is InChI=1S/C23H13ClF3N5O3/c24-13-3-1-12(2-4-13)10-32-17-6-5-14(33)9-15(17)18(20(32)23(25,26)27)19(34)21-30-22(35-31-21)16-7-8-28-11-29-16/h1-9,11,33H,10H2. The molecule has 0 bridgehead atoms. The molecule has 0 spiro atoms. The summed E-state index contributed by atoms with van der Waals surface area (Å²) in [5.41, 5.74) is -1.09. The second kappa shape index (κ2) is 8.51. The Labute approximate surface area is 199 Å². The number of carbonyl (C=O) groups excluding carboxylic acids is 1. The summed E-state index contributed by atoms with van der Waals surface area (Å²) >= 11 is 5.90. The van der Waals surface area contributed by atoms with Gasteiger partial charge in [0.25, 0.3) is 5.89 Å². The molecular formula is C23H13ClF3N5O3. The van der Waals surface area contributed by atoms with E-state index in [2.05, 4.69) is 20.1 Å². The van der Waals surface area contributed by atoms with Crippen LogP contribution in [0.3, 0.4) is 0 Å². The summed E-state index contributed by atoms with van der Waals surface area (Å²) in [4.78, 5) is 25.0. The van der Waals surface area contributed by atoms with Crippen LogP contribution in [0.15, 0.2) is 65.6 Å². The fraction of sp³-hybridized carbons (Fsp3) is 0.0870. The number of hydrogen-bond acceptors (Lipinski definition) is 7. The number of carbonyl (C=O) groups is 1. The van der Waals surface area contributed by atoms with Gasteiger partial charge >= 0.3 is 6.18 Å². The maximum Gasteiger partial charge on any atom is 0.432 e. The smallest absolute Gasteiger partial charge is 0.432 e. The number of hydrogen-bond donors (Lipinski definition) is 1. The average Bonchev–Trinajstić information content (AvgIpc) is 3.44. The summed E-state index contributed by atoms with van der Waals surface area (Å²) in [5, 5.41) is 13.9. The first-order valence-corrected chi connectivity index (χ1v) is 10.4. The first-order valence-electron chi connectivity index (χ1n) is 10.0. The van der Waals surface area contributed by atoms with E-state index < -0.39 is 29.0 Å². The van der Waals surface area contributed by atoms with Gasteiger partial charge in [0.2, 0.25) is 11.6 Å². The van der Waals surface area contributed by atoms with Crippen LogP contribution in [0.4, 0.5) is 13.2 Å². The lowest BCUT2D eigenvalue weighted by Gasteiger charge is -2.14. The van der Waals surface area contributed by atoms with E-state index in [0.717, 1.165) is 10.6 Å². The molecule has 0 aliphatic heterocycles. The van der Waals surface area contributed by atoms with Gasteiger partial charge in [0, 0.05) is 28.7 Å². The molecule has 0 aliphatic rings. The van der Waals surface area contributed by atoms with Gasteiger partial charge in [0.15, 0.2) is 0 Å². The lowest BCUT2D eigenvalue weighted by molar-refractivity contribution is -0.143. The van der Waals surface area contributed by atoms with Gasteiger partial charge in [-0.05, 0) is 42.0 Å². The van der Waals surface area contributed by atoms with E-state index in [1.807, 2.05) is 0 Å². The number of phenols is 1. The average molecular weight is 500 g/mol. The van der Waals surface area contributed by atoms with Crippen LogP contribution in [0.5, 0.6) is 5.75 Å². The molecule has 0 fully saturated rings. The second-order valence-electron chi connectivity index (χ2n) is 7.48. The fourth-order valence-corrected chi connectivity index (χ4v) is 3.88. The number of aromatic nitrogens is 5. The molecule has 3 heterocycles. The van der Waals surface area contributed by atoms with Crippen LogP contribution in [0.1, 0.15) is 27.4 Å². The van der Waals surface area contributed by atoms with Gasteiger partial charge in [-0.2, -0.15) is 18.2 Å². The lowest BCUT2D eigenvalue weighted by atomic mass is 10.1. The zero-order valence-electron chi connectivity index (χ0n) is 17.5. The Morgan fingerprint density at radius 1 is 1.11 bits per heavy atom.